The Morgan fingerprint density at radius 2 is 1.94 bits per heavy atom. The number of aryl methyl sites for hydroxylation is 1. The summed E-state index contributed by atoms with van der Waals surface area (Å²) in [5.74, 6) is 1.32. The molecule has 0 atom stereocenters. The van der Waals surface area contributed by atoms with Crippen molar-refractivity contribution in [2.24, 2.45) is 0 Å². The van der Waals surface area contributed by atoms with Crippen LogP contribution >= 0.6 is 0 Å². The van der Waals surface area contributed by atoms with Crippen LogP contribution in [0.15, 0.2) is 59.8 Å². The molecular formula is C23H24N6O3. The predicted molar refractivity (Wildman–Crippen MR) is 124 cm³/mol. The Morgan fingerprint density at radius 3 is 2.69 bits per heavy atom. The van der Waals surface area contributed by atoms with E-state index in [-0.39, 0.29) is 11.5 Å². The van der Waals surface area contributed by atoms with Crippen molar-refractivity contribution < 1.29 is 9.47 Å². The molecule has 0 spiro atoms. The van der Waals surface area contributed by atoms with Gasteiger partial charge in [0.05, 0.1) is 18.2 Å². The molecule has 0 fully saturated rings. The Balaban J connectivity index is 1.85. The zero-order valence-electron chi connectivity index (χ0n) is 17.9. The molecule has 0 unspecified atom stereocenters. The van der Waals surface area contributed by atoms with Gasteiger partial charge in [-0.05, 0) is 36.1 Å². The lowest BCUT2D eigenvalue weighted by atomic mass is 10.1. The molecule has 32 heavy (non-hydrogen) atoms. The third-order valence-corrected chi connectivity index (χ3v) is 5.01. The molecule has 0 saturated carbocycles. The molecule has 3 heterocycles. The Labute approximate surface area is 184 Å². The van der Waals surface area contributed by atoms with E-state index in [1.165, 1.54) is 0 Å². The molecule has 9 nitrogen and oxygen atoms in total. The van der Waals surface area contributed by atoms with E-state index in [0.29, 0.717) is 41.4 Å². The number of methoxy groups -OCH3 is 2. The van der Waals surface area contributed by atoms with Crippen LogP contribution in [-0.2, 0) is 11.3 Å². The number of pyridine rings is 2. The van der Waals surface area contributed by atoms with Crippen LogP contribution in [0.1, 0.15) is 6.42 Å². The molecular weight excluding hydrogens is 408 g/mol. The van der Waals surface area contributed by atoms with Gasteiger partial charge < -0.3 is 25.1 Å². The number of aromatic nitrogens is 4. The molecule has 3 N–H and O–H groups in total. The number of hydrogen-bond acceptors (Lipinski definition) is 8. The number of anilines is 3. The van der Waals surface area contributed by atoms with Gasteiger partial charge in [0, 0.05) is 56.2 Å². The largest absolute Gasteiger partial charge is 0.497 e. The van der Waals surface area contributed by atoms with Crippen LogP contribution in [0.25, 0.3) is 22.0 Å². The van der Waals surface area contributed by atoms with E-state index < -0.39 is 0 Å². The SMILES string of the molecule is COCCCn1ccc2cc(-c3cnc(N)nc3)nc(Nc3cccc(OC)c3)c2c1=O. The molecule has 0 aliphatic rings. The zero-order chi connectivity index (χ0) is 22.5. The summed E-state index contributed by atoms with van der Waals surface area (Å²) in [5.41, 5.74) is 7.56. The Hall–Kier alpha value is -3.98. The van der Waals surface area contributed by atoms with E-state index in [9.17, 15) is 4.79 Å². The number of fused-ring (bicyclic) bond motifs is 1. The normalized spacial score (nSPS) is 10.9. The van der Waals surface area contributed by atoms with E-state index in [4.69, 9.17) is 20.2 Å². The first-order chi connectivity index (χ1) is 15.6. The van der Waals surface area contributed by atoms with Gasteiger partial charge in [-0.1, -0.05) is 6.07 Å². The van der Waals surface area contributed by atoms with Gasteiger partial charge in [-0.25, -0.2) is 15.0 Å². The van der Waals surface area contributed by atoms with Crippen LogP contribution < -0.4 is 21.3 Å². The molecule has 9 heteroatoms. The van der Waals surface area contributed by atoms with Gasteiger partial charge in [0.2, 0.25) is 5.95 Å². The predicted octanol–water partition coefficient (Wildman–Crippen LogP) is 3.22. The van der Waals surface area contributed by atoms with E-state index >= 15 is 0 Å². The van der Waals surface area contributed by atoms with E-state index in [0.717, 1.165) is 17.5 Å². The first-order valence-corrected chi connectivity index (χ1v) is 10.1. The van der Waals surface area contributed by atoms with Crippen LogP contribution in [0, 0.1) is 0 Å². The topological polar surface area (TPSA) is 117 Å². The lowest BCUT2D eigenvalue weighted by Gasteiger charge is -2.14. The van der Waals surface area contributed by atoms with Gasteiger partial charge in [0.15, 0.2) is 0 Å². The van der Waals surface area contributed by atoms with Crippen molar-refractivity contribution in [1.29, 1.82) is 0 Å². The maximum absolute atomic E-state index is 13.3. The molecule has 0 amide bonds. The number of nitrogens with one attached hydrogen (secondary N) is 1. The van der Waals surface area contributed by atoms with Crippen molar-refractivity contribution in [2.45, 2.75) is 13.0 Å². The molecule has 0 radical (unpaired) electrons. The second kappa shape index (κ2) is 9.44. The van der Waals surface area contributed by atoms with E-state index in [1.54, 1.807) is 37.4 Å². The smallest absolute Gasteiger partial charge is 0.262 e. The summed E-state index contributed by atoms with van der Waals surface area (Å²) in [5, 5.41) is 4.53. The van der Waals surface area contributed by atoms with Crippen molar-refractivity contribution in [3.63, 3.8) is 0 Å². The molecule has 4 rings (SSSR count). The number of rotatable bonds is 8. The van der Waals surface area contributed by atoms with Gasteiger partial charge in [0.25, 0.3) is 5.56 Å². The zero-order valence-corrected chi connectivity index (χ0v) is 17.9. The third-order valence-electron chi connectivity index (χ3n) is 5.01. The second-order valence-corrected chi connectivity index (χ2v) is 7.17. The Bertz CT molecular complexity index is 1290. The van der Waals surface area contributed by atoms with Crippen LogP contribution in [0.4, 0.5) is 17.5 Å². The van der Waals surface area contributed by atoms with Gasteiger partial charge in [-0.3, -0.25) is 4.79 Å². The fraction of sp³-hybridized carbons (Fsp3) is 0.217. The van der Waals surface area contributed by atoms with Gasteiger partial charge in [-0.2, -0.15) is 0 Å². The van der Waals surface area contributed by atoms with Crippen LogP contribution in [0.5, 0.6) is 5.75 Å². The molecule has 0 aliphatic heterocycles. The maximum atomic E-state index is 13.3. The van der Waals surface area contributed by atoms with Crippen LogP contribution in [0.3, 0.4) is 0 Å². The lowest BCUT2D eigenvalue weighted by molar-refractivity contribution is 0.190. The van der Waals surface area contributed by atoms with Gasteiger partial charge in [-0.15, -0.1) is 0 Å². The summed E-state index contributed by atoms with van der Waals surface area (Å²) in [7, 11) is 3.25. The summed E-state index contributed by atoms with van der Waals surface area (Å²) in [6.45, 7) is 1.13. The minimum absolute atomic E-state index is 0.128. The van der Waals surface area contributed by atoms with Gasteiger partial charge >= 0.3 is 0 Å². The van der Waals surface area contributed by atoms with Crippen LogP contribution in [-0.4, -0.2) is 40.3 Å². The molecule has 4 aromatic rings. The quantitative estimate of drug-likeness (QED) is 0.408. The average molecular weight is 432 g/mol. The molecule has 164 valence electrons. The van der Waals surface area contributed by atoms with Crippen molar-refractivity contribution in [3.8, 4) is 17.0 Å². The monoisotopic (exact) mass is 432 g/mol. The highest BCUT2D eigenvalue weighted by Crippen LogP contribution is 2.28. The summed E-state index contributed by atoms with van der Waals surface area (Å²) in [4.78, 5) is 26.2. The lowest BCUT2D eigenvalue weighted by Crippen LogP contribution is -2.21. The summed E-state index contributed by atoms with van der Waals surface area (Å²) in [6, 6.07) is 11.2. The first kappa shape index (κ1) is 21.3. The fourth-order valence-corrected chi connectivity index (χ4v) is 3.40. The minimum Gasteiger partial charge on any atom is -0.497 e. The van der Waals surface area contributed by atoms with Crippen molar-refractivity contribution in [1.82, 2.24) is 19.5 Å². The maximum Gasteiger partial charge on any atom is 0.262 e. The number of nitrogen functional groups attached to an aromatic ring is 1. The number of benzene rings is 1. The average Bonchev–Trinajstić information content (AvgIpc) is 2.81. The highest BCUT2D eigenvalue weighted by molar-refractivity contribution is 5.95. The number of hydrogen-bond donors (Lipinski definition) is 2. The molecule has 3 aromatic heterocycles. The van der Waals surface area contributed by atoms with Gasteiger partial charge in [0.1, 0.15) is 11.6 Å². The number of ether oxygens (including phenoxy) is 2. The summed E-state index contributed by atoms with van der Waals surface area (Å²) in [6.07, 6.45) is 5.74. The Morgan fingerprint density at radius 1 is 1.12 bits per heavy atom. The number of nitrogens with zero attached hydrogens (tertiary/aromatic N) is 4. The van der Waals surface area contributed by atoms with E-state index in [2.05, 4.69) is 15.3 Å². The fourth-order valence-electron chi connectivity index (χ4n) is 3.40. The van der Waals surface area contributed by atoms with E-state index in [1.807, 2.05) is 36.4 Å². The minimum atomic E-state index is -0.128. The van der Waals surface area contributed by atoms with Crippen molar-refractivity contribution in [2.75, 3.05) is 31.9 Å². The van der Waals surface area contributed by atoms with Crippen molar-refractivity contribution >= 4 is 28.2 Å². The highest BCUT2D eigenvalue weighted by atomic mass is 16.5. The van der Waals surface area contributed by atoms with Crippen LogP contribution in [0.2, 0.25) is 0 Å². The molecule has 0 bridgehead atoms. The third kappa shape index (κ3) is 4.52. The highest BCUT2D eigenvalue weighted by Gasteiger charge is 2.14. The Kier molecular flexibility index (Phi) is 6.27. The standard InChI is InChI=1S/C23H24N6O3/c1-31-10-4-8-29-9-7-15-11-19(16-13-25-23(24)26-14-16)28-21(20(15)22(29)30)27-17-5-3-6-18(12-17)32-2/h3,5-7,9,11-14H,4,8,10H2,1-2H3,(H,27,28)(H2,24,25,26). The molecule has 0 saturated heterocycles. The summed E-state index contributed by atoms with van der Waals surface area (Å²) < 4.78 is 12.1. The first-order valence-electron chi connectivity index (χ1n) is 10.1. The second-order valence-electron chi connectivity index (χ2n) is 7.17. The van der Waals surface area contributed by atoms with Crippen molar-refractivity contribution in [3.05, 3.63) is 65.3 Å². The molecule has 0 aliphatic carbocycles. The number of nitrogens with two attached hydrogens (primary N) is 1. The molecule has 1 aromatic carbocycles. The summed E-state index contributed by atoms with van der Waals surface area (Å²) >= 11 is 0.